The minimum atomic E-state index is -0.101. The summed E-state index contributed by atoms with van der Waals surface area (Å²) < 4.78 is 21.3. The standard InChI is InChI=1S/C27H27NO5/c1-30-22-13-11-21(12-14-22)24(29)15-16-28-23-8-6-5-7-20(23)10-9-19-17-25(31-2)27(33-4)26(18-19)32-3/h5-18,28H,1-4H3/b10-9-,16-15-. The van der Waals surface area contributed by atoms with Crippen LogP contribution in [0.2, 0.25) is 0 Å². The van der Waals surface area contributed by atoms with Gasteiger partial charge in [0.05, 0.1) is 28.4 Å². The number of hydrogen-bond donors (Lipinski definition) is 1. The van der Waals surface area contributed by atoms with E-state index in [9.17, 15) is 4.79 Å². The molecule has 0 fully saturated rings. The highest BCUT2D eigenvalue weighted by Crippen LogP contribution is 2.38. The van der Waals surface area contributed by atoms with Crippen molar-refractivity contribution in [1.29, 1.82) is 0 Å². The summed E-state index contributed by atoms with van der Waals surface area (Å²) >= 11 is 0. The Kier molecular flexibility index (Phi) is 8.13. The molecule has 170 valence electrons. The largest absolute Gasteiger partial charge is 0.497 e. The number of nitrogens with one attached hydrogen (secondary N) is 1. The van der Waals surface area contributed by atoms with Crippen molar-refractivity contribution >= 4 is 23.6 Å². The van der Waals surface area contributed by atoms with E-state index < -0.39 is 0 Å². The Morgan fingerprint density at radius 1 is 0.788 bits per heavy atom. The van der Waals surface area contributed by atoms with Crippen molar-refractivity contribution in [1.82, 2.24) is 0 Å². The van der Waals surface area contributed by atoms with Crippen LogP contribution in [0.25, 0.3) is 12.2 Å². The van der Waals surface area contributed by atoms with Gasteiger partial charge in [0.2, 0.25) is 5.75 Å². The quantitative estimate of drug-likeness (QED) is 0.245. The predicted octanol–water partition coefficient (Wildman–Crippen LogP) is 5.70. The van der Waals surface area contributed by atoms with Gasteiger partial charge < -0.3 is 24.3 Å². The summed E-state index contributed by atoms with van der Waals surface area (Å²) in [5.74, 6) is 2.33. The summed E-state index contributed by atoms with van der Waals surface area (Å²) in [6.45, 7) is 0. The van der Waals surface area contributed by atoms with Crippen LogP contribution in [0.1, 0.15) is 21.5 Å². The second-order valence-electron chi connectivity index (χ2n) is 6.95. The van der Waals surface area contributed by atoms with E-state index in [0.717, 1.165) is 16.8 Å². The van der Waals surface area contributed by atoms with Gasteiger partial charge >= 0.3 is 0 Å². The van der Waals surface area contributed by atoms with E-state index in [1.54, 1.807) is 58.9 Å². The van der Waals surface area contributed by atoms with Crippen LogP contribution in [-0.2, 0) is 0 Å². The molecule has 3 aromatic rings. The minimum Gasteiger partial charge on any atom is -0.497 e. The molecule has 0 spiro atoms. The number of para-hydroxylation sites is 1. The fourth-order valence-corrected chi connectivity index (χ4v) is 3.22. The zero-order valence-corrected chi connectivity index (χ0v) is 19.1. The molecular weight excluding hydrogens is 418 g/mol. The van der Waals surface area contributed by atoms with Gasteiger partial charge in [0.1, 0.15) is 5.75 Å². The fraction of sp³-hybridized carbons (Fsp3) is 0.148. The molecule has 0 heterocycles. The smallest absolute Gasteiger partial charge is 0.203 e. The Bertz CT molecular complexity index is 1120. The van der Waals surface area contributed by atoms with Gasteiger partial charge in [0.25, 0.3) is 0 Å². The maximum absolute atomic E-state index is 12.4. The lowest BCUT2D eigenvalue weighted by molar-refractivity contribution is 0.104. The molecule has 0 aliphatic rings. The molecule has 0 unspecified atom stereocenters. The number of anilines is 1. The molecule has 3 rings (SSSR count). The Morgan fingerprint density at radius 3 is 2.06 bits per heavy atom. The normalized spacial score (nSPS) is 10.9. The predicted molar refractivity (Wildman–Crippen MR) is 132 cm³/mol. The van der Waals surface area contributed by atoms with Crippen LogP contribution in [0.15, 0.2) is 72.9 Å². The summed E-state index contributed by atoms with van der Waals surface area (Å²) in [6.07, 6.45) is 7.07. The first kappa shape index (κ1) is 23.5. The van der Waals surface area contributed by atoms with Crippen molar-refractivity contribution in [3.05, 3.63) is 89.6 Å². The summed E-state index contributed by atoms with van der Waals surface area (Å²) in [5, 5.41) is 3.19. The third-order valence-electron chi connectivity index (χ3n) is 4.95. The SMILES string of the molecule is COc1ccc(C(=O)/C=C\Nc2ccccc2/C=C\c2cc(OC)c(OC)c(OC)c2)cc1. The summed E-state index contributed by atoms with van der Waals surface area (Å²) in [4.78, 5) is 12.4. The van der Waals surface area contributed by atoms with Crippen molar-refractivity contribution in [2.75, 3.05) is 33.8 Å². The molecule has 3 aromatic carbocycles. The molecule has 0 aromatic heterocycles. The van der Waals surface area contributed by atoms with Crippen molar-refractivity contribution < 1.29 is 23.7 Å². The summed E-state index contributed by atoms with van der Waals surface area (Å²) in [6, 6.07) is 18.6. The van der Waals surface area contributed by atoms with Crippen LogP contribution >= 0.6 is 0 Å². The Hall–Kier alpha value is -4.19. The Labute approximate surface area is 194 Å². The minimum absolute atomic E-state index is 0.101. The molecule has 0 radical (unpaired) electrons. The average molecular weight is 446 g/mol. The number of carbonyl (C=O) groups excluding carboxylic acids is 1. The molecule has 1 N–H and O–H groups in total. The van der Waals surface area contributed by atoms with E-state index in [-0.39, 0.29) is 5.78 Å². The highest BCUT2D eigenvalue weighted by Gasteiger charge is 2.12. The van der Waals surface area contributed by atoms with Gasteiger partial charge in [-0.3, -0.25) is 4.79 Å². The first-order valence-corrected chi connectivity index (χ1v) is 10.3. The number of carbonyl (C=O) groups is 1. The number of methoxy groups -OCH3 is 4. The molecule has 0 bridgehead atoms. The van der Waals surface area contributed by atoms with Crippen molar-refractivity contribution in [2.24, 2.45) is 0 Å². The molecule has 6 nitrogen and oxygen atoms in total. The van der Waals surface area contributed by atoms with Gasteiger partial charge in [0, 0.05) is 23.5 Å². The molecule has 0 aliphatic heterocycles. The average Bonchev–Trinajstić information content (AvgIpc) is 2.87. The summed E-state index contributed by atoms with van der Waals surface area (Å²) in [7, 11) is 6.34. The topological polar surface area (TPSA) is 66.0 Å². The second-order valence-corrected chi connectivity index (χ2v) is 6.95. The van der Waals surface area contributed by atoms with Crippen LogP contribution in [0.3, 0.4) is 0 Å². The van der Waals surface area contributed by atoms with Gasteiger partial charge in [-0.25, -0.2) is 0 Å². The monoisotopic (exact) mass is 445 g/mol. The van der Waals surface area contributed by atoms with Crippen LogP contribution < -0.4 is 24.3 Å². The van der Waals surface area contributed by atoms with Crippen LogP contribution in [-0.4, -0.2) is 34.2 Å². The van der Waals surface area contributed by atoms with Crippen LogP contribution in [0.4, 0.5) is 5.69 Å². The van der Waals surface area contributed by atoms with Crippen LogP contribution in [0, 0.1) is 0 Å². The lowest BCUT2D eigenvalue weighted by Crippen LogP contribution is -1.97. The van der Waals surface area contributed by atoms with E-state index >= 15 is 0 Å². The zero-order chi connectivity index (χ0) is 23.6. The first-order valence-electron chi connectivity index (χ1n) is 10.3. The molecule has 0 saturated heterocycles. The highest BCUT2D eigenvalue weighted by molar-refractivity contribution is 6.04. The third kappa shape index (κ3) is 5.95. The summed E-state index contributed by atoms with van der Waals surface area (Å²) in [5.41, 5.74) is 3.29. The number of rotatable bonds is 10. The molecule has 33 heavy (non-hydrogen) atoms. The second kappa shape index (κ2) is 11.4. The van der Waals surface area contributed by atoms with Gasteiger partial charge in [-0.15, -0.1) is 0 Å². The van der Waals surface area contributed by atoms with Crippen LogP contribution in [0.5, 0.6) is 23.0 Å². The van der Waals surface area contributed by atoms with E-state index in [4.69, 9.17) is 18.9 Å². The molecule has 0 amide bonds. The number of benzene rings is 3. The van der Waals surface area contributed by atoms with Gasteiger partial charge in [-0.1, -0.05) is 30.4 Å². The lowest BCUT2D eigenvalue weighted by atomic mass is 10.1. The first-order chi connectivity index (χ1) is 16.1. The Balaban J connectivity index is 1.76. The molecular formula is C27H27NO5. The van der Waals surface area contributed by atoms with Gasteiger partial charge in [0.15, 0.2) is 17.3 Å². The van der Waals surface area contributed by atoms with E-state index in [1.165, 1.54) is 6.08 Å². The van der Waals surface area contributed by atoms with E-state index in [1.807, 2.05) is 48.6 Å². The van der Waals surface area contributed by atoms with Gasteiger partial charge in [-0.2, -0.15) is 0 Å². The van der Waals surface area contributed by atoms with Crippen molar-refractivity contribution in [2.45, 2.75) is 0 Å². The molecule has 0 saturated carbocycles. The lowest BCUT2D eigenvalue weighted by Gasteiger charge is -2.13. The molecule has 0 atom stereocenters. The fourth-order valence-electron chi connectivity index (χ4n) is 3.22. The zero-order valence-electron chi connectivity index (χ0n) is 19.1. The molecule has 6 heteroatoms. The third-order valence-corrected chi connectivity index (χ3v) is 4.95. The van der Waals surface area contributed by atoms with E-state index in [2.05, 4.69) is 5.32 Å². The maximum Gasteiger partial charge on any atom is 0.203 e. The number of ether oxygens (including phenoxy) is 4. The van der Waals surface area contributed by atoms with Gasteiger partial charge in [-0.05, 0) is 53.6 Å². The van der Waals surface area contributed by atoms with Crippen molar-refractivity contribution in [3.8, 4) is 23.0 Å². The molecule has 0 aliphatic carbocycles. The Morgan fingerprint density at radius 2 is 1.45 bits per heavy atom. The van der Waals surface area contributed by atoms with E-state index in [0.29, 0.717) is 28.6 Å². The number of allylic oxidation sites excluding steroid dienone is 1. The number of ketones is 1. The maximum atomic E-state index is 12.4. The van der Waals surface area contributed by atoms with Crippen molar-refractivity contribution in [3.63, 3.8) is 0 Å². The number of hydrogen-bond acceptors (Lipinski definition) is 6. The highest BCUT2D eigenvalue weighted by atomic mass is 16.5.